The van der Waals surface area contributed by atoms with E-state index in [0.29, 0.717) is 52.2 Å². The van der Waals surface area contributed by atoms with E-state index in [1.54, 1.807) is 20.2 Å². The molecule has 0 bridgehead atoms. The second-order valence-corrected chi connectivity index (χ2v) is 10.6. The van der Waals surface area contributed by atoms with Gasteiger partial charge in [0, 0.05) is 62.0 Å². The van der Waals surface area contributed by atoms with E-state index < -0.39 is 0 Å². The molecule has 6 rings (SSSR count). The van der Waals surface area contributed by atoms with Crippen molar-refractivity contribution < 1.29 is 9.15 Å². The Morgan fingerprint density at radius 1 is 1.10 bits per heavy atom. The zero-order chi connectivity index (χ0) is 28.7. The molecule has 0 saturated carbocycles. The van der Waals surface area contributed by atoms with Gasteiger partial charge in [-0.3, -0.25) is 0 Å². The Hall–Kier alpha value is -4.64. The van der Waals surface area contributed by atoms with Crippen LogP contribution in [-0.2, 0) is 7.05 Å². The Morgan fingerprint density at radius 2 is 1.88 bits per heavy atom. The summed E-state index contributed by atoms with van der Waals surface area (Å²) in [6, 6.07) is 12.5. The molecule has 11 heteroatoms. The molecular weight excluding hydrogens is 518 g/mol. The number of hydrogen-bond acceptors (Lipinski definition) is 10. The first-order valence-electron chi connectivity index (χ1n) is 13.7. The number of nitrogens with two attached hydrogens (primary N) is 1. The minimum absolute atomic E-state index is 0.361. The molecule has 4 heterocycles. The van der Waals surface area contributed by atoms with Crippen molar-refractivity contribution in [3.05, 3.63) is 54.7 Å². The van der Waals surface area contributed by atoms with Gasteiger partial charge in [0.15, 0.2) is 0 Å². The quantitative estimate of drug-likeness (QED) is 0.270. The van der Waals surface area contributed by atoms with E-state index in [-0.39, 0.29) is 0 Å². The van der Waals surface area contributed by atoms with Crippen LogP contribution in [0.5, 0.6) is 5.75 Å². The summed E-state index contributed by atoms with van der Waals surface area (Å²) in [6.45, 7) is 3.90. The van der Waals surface area contributed by atoms with Crippen molar-refractivity contribution in [1.29, 1.82) is 0 Å². The fourth-order valence-electron chi connectivity index (χ4n) is 5.60. The van der Waals surface area contributed by atoms with Crippen LogP contribution in [0, 0.1) is 6.92 Å². The number of nitrogens with zero attached hydrogens (tertiary/aromatic N) is 7. The SMILES string of the molecule is COc1cc(N(C)C2CCN(C)CC2)c(N)cc1Nc1ncc(-c2nnc(C)o2)c(-c2cn(C)c3ccccc23)n1. The van der Waals surface area contributed by atoms with Crippen LogP contribution in [0.15, 0.2) is 53.2 Å². The van der Waals surface area contributed by atoms with Crippen LogP contribution in [0.25, 0.3) is 33.6 Å². The highest BCUT2D eigenvalue weighted by Gasteiger charge is 2.24. The number of hydrogen-bond donors (Lipinski definition) is 2. The van der Waals surface area contributed by atoms with E-state index in [9.17, 15) is 0 Å². The lowest BCUT2D eigenvalue weighted by molar-refractivity contribution is 0.253. The Balaban J connectivity index is 1.38. The van der Waals surface area contributed by atoms with Gasteiger partial charge in [0.05, 0.1) is 35.4 Å². The number of piperidine rings is 1. The lowest BCUT2D eigenvalue weighted by atomic mass is 10.0. The third kappa shape index (κ3) is 5.04. The molecule has 0 amide bonds. The number of rotatable bonds is 7. The number of benzene rings is 2. The molecule has 3 aromatic heterocycles. The van der Waals surface area contributed by atoms with Gasteiger partial charge >= 0.3 is 0 Å². The number of aromatic nitrogens is 5. The van der Waals surface area contributed by atoms with Crippen molar-refractivity contribution in [1.82, 2.24) is 29.6 Å². The Kier molecular flexibility index (Phi) is 6.96. The molecule has 1 fully saturated rings. The van der Waals surface area contributed by atoms with E-state index in [0.717, 1.165) is 48.1 Å². The lowest BCUT2D eigenvalue weighted by Gasteiger charge is -2.37. The van der Waals surface area contributed by atoms with Gasteiger partial charge < -0.3 is 34.6 Å². The van der Waals surface area contributed by atoms with Gasteiger partial charge in [-0.25, -0.2) is 9.97 Å². The highest BCUT2D eigenvalue weighted by Crippen LogP contribution is 2.39. The average molecular weight is 554 g/mol. The summed E-state index contributed by atoms with van der Waals surface area (Å²) in [4.78, 5) is 14.2. The molecule has 11 nitrogen and oxygen atoms in total. The molecular formula is C30H35N9O2. The number of nitrogens with one attached hydrogen (secondary N) is 1. The van der Waals surface area contributed by atoms with E-state index in [2.05, 4.69) is 67.3 Å². The molecule has 41 heavy (non-hydrogen) atoms. The first kappa shape index (κ1) is 26.6. The number of anilines is 4. The van der Waals surface area contributed by atoms with Gasteiger partial charge in [-0.05, 0) is 45.1 Å². The molecule has 1 aliphatic heterocycles. The third-order valence-electron chi connectivity index (χ3n) is 7.91. The Bertz CT molecular complexity index is 1700. The van der Waals surface area contributed by atoms with Crippen LogP contribution >= 0.6 is 0 Å². The molecule has 0 aliphatic carbocycles. The molecule has 1 saturated heterocycles. The summed E-state index contributed by atoms with van der Waals surface area (Å²) in [6.07, 6.45) is 5.93. The summed E-state index contributed by atoms with van der Waals surface area (Å²) in [5.74, 6) is 1.87. The molecule has 1 aliphatic rings. The van der Waals surface area contributed by atoms with E-state index in [1.807, 2.05) is 31.3 Å². The van der Waals surface area contributed by atoms with Crippen LogP contribution in [0.3, 0.4) is 0 Å². The molecule has 0 atom stereocenters. The maximum Gasteiger partial charge on any atom is 0.251 e. The fourth-order valence-corrected chi connectivity index (χ4v) is 5.60. The van der Waals surface area contributed by atoms with E-state index in [1.165, 1.54) is 0 Å². The number of methoxy groups -OCH3 is 1. The van der Waals surface area contributed by atoms with Crippen molar-refractivity contribution in [3.63, 3.8) is 0 Å². The monoisotopic (exact) mass is 553 g/mol. The zero-order valence-corrected chi connectivity index (χ0v) is 24.0. The predicted molar refractivity (Wildman–Crippen MR) is 162 cm³/mol. The Morgan fingerprint density at radius 3 is 2.61 bits per heavy atom. The normalized spacial score (nSPS) is 14.5. The molecule has 212 valence electrons. The maximum absolute atomic E-state index is 6.60. The Labute approximate surface area is 239 Å². The van der Waals surface area contributed by atoms with Crippen LogP contribution in [0.4, 0.5) is 23.0 Å². The number of ether oxygens (including phenoxy) is 1. The number of fused-ring (bicyclic) bond motifs is 1. The molecule has 3 N–H and O–H groups in total. The minimum atomic E-state index is 0.361. The van der Waals surface area contributed by atoms with Crippen molar-refractivity contribution in [3.8, 4) is 28.5 Å². The highest BCUT2D eigenvalue weighted by molar-refractivity contribution is 5.98. The summed E-state index contributed by atoms with van der Waals surface area (Å²) >= 11 is 0. The summed E-state index contributed by atoms with van der Waals surface area (Å²) in [5.41, 5.74) is 12.2. The van der Waals surface area contributed by atoms with Gasteiger partial charge in [-0.2, -0.15) is 0 Å². The standard InChI is InChI=1S/C30H35N9O2/c1-18-35-36-29(41-18)21-16-32-30(34-28(21)22-17-38(3)25-9-7-6-8-20(22)25)33-24-14-23(31)26(15-27(24)40-5)39(4)19-10-12-37(2)13-11-19/h6-9,14-17,19H,10-13,31H2,1-5H3,(H,32,33,34). The number of para-hydroxylation sites is 1. The fraction of sp³-hybridized carbons (Fsp3) is 0.333. The summed E-state index contributed by atoms with van der Waals surface area (Å²) in [5, 5.41) is 12.7. The van der Waals surface area contributed by atoms with Gasteiger partial charge in [0.25, 0.3) is 5.89 Å². The molecule has 0 unspecified atom stereocenters. The summed E-state index contributed by atoms with van der Waals surface area (Å²) in [7, 11) is 7.93. The van der Waals surface area contributed by atoms with Crippen molar-refractivity contribution in [2.45, 2.75) is 25.8 Å². The van der Waals surface area contributed by atoms with Gasteiger partial charge in [-0.1, -0.05) is 18.2 Å². The second-order valence-electron chi connectivity index (χ2n) is 10.6. The van der Waals surface area contributed by atoms with Crippen molar-refractivity contribution in [2.75, 3.05) is 50.2 Å². The molecule has 5 aromatic rings. The highest BCUT2D eigenvalue weighted by atomic mass is 16.5. The number of likely N-dealkylation sites (tertiary alicyclic amines) is 1. The van der Waals surface area contributed by atoms with E-state index >= 15 is 0 Å². The third-order valence-corrected chi connectivity index (χ3v) is 7.91. The van der Waals surface area contributed by atoms with Crippen molar-refractivity contribution >= 4 is 33.9 Å². The zero-order valence-electron chi connectivity index (χ0n) is 24.0. The topological polar surface area (TPSA) is 123 Å². The van der Waals surface area contributed by atoms with Crippen LogP contribution in [-0.4, -0.2) is 70.0 Å². The van der Waals surface area contributed by atoms with E-state index in [4.69, 9.17) is 19.9 Å². The lowest BCUT2D eigenvalue weighted by Crippen LogP contribution is -2.42. The minimum Gasteiger partial charge on any atom is -0.494 e. The smallest absolute Gasteiger partial charge is 0.251 e. The number of nitrogen functional groups attached to an aromatic ring is 1. The first-order valence-corrected chi connectivity index (χ1v) is 13.7. The largest absolute Gasteiger partial charge is 0.494 e. The molecule has 0 spiro atoms. The molecule has 2 aromatic carbocycles. The predicted octanol–water partition coefficient (Wildman–Crippen LogP) is 4.86. The van der Waals surface area contributed by atoms with Crippen LogP contribution < -0.4 is 20.7 Å². The van der Waals surface area contributed by atoms with Gasteiger partial charge in [0.1, 0.15) is 5.75 Å². The van der Waals surface area contributed by atoms with Crippen LogP contribution in [0.1, 0.15) is 18.7 Å². The molecule has 0 radical (unpaired) electrons. The second kappa shape index (κ2) is 10.7. The number of aryl methyl sites for hydroxylation is 2. The summed E-state index contributed by atoms with van der Waals surface area (Å²) < 4.78 is 13.6. The van der Waals surface area contributed by atoms with Crippen LogP contribution in [0.2, 0.25) is 0 Å². The maximum atomic E-state index is 6.60. The van der Waals surface area contributed by atoms with Gasteiger partial charge in [-0.15, -0.1) is 10.2 Å². The average Bonchev–Trinajstić information content (AvgIpc) is 3.56. The van der Waals surface area contributed by atoms with Gasteiger partial charge in [0.2, 0.25) is 11.8 Å². The first-order chi connectivity index (χ1) is 19.8. The van der Waals surface area contributed by atoms with Crippen molar-refractivity contribution in [2.24, 2.45) is 7.05 Å².